The summed E-state index contributed by atoms with van der Waals surface area (Å²) >= 11 is 0. The van der Waals surface area contributed by atoms with Gasteiger partial charge in [-0.3, -0.25) is 4.79 Å². The Bertz CT molecular complexity index is 784. The lowest BCUT2D eigenvalue weighted by Gasteiger charge is -2.24. The van der Waals surface area contributed by atoms with Gasteiger partial charge in [0.2, 0.25) is 11.6 Å². The van der Waals surface area contributed by atoms with Crippen molar-refractivity contribution in [3.63, 3.8) is 0 Å². The Balaban J connectivity index is 1.84. The van der Waals surface area contributed by atoms with Crippen molar-refractivity contribution in [2.45, 2.75) is 18.8 Å². The van der Waals surface area contributed by atoms with Crippen molar-refractivity contribution in [1.82, 2.24) is 10.3 Å². The third kappa shape index (κ3) is 3.17. The molecule has 0 aliphatic heterocycles. The Morgan fingerprint density at radius 1 is 1.25 bits per heavy atom. The quantitative estimate of drug-likeness (QED) is 0.857. The van der Waals surface area contributed by atoms with Crippen LogP contribution in [0.2, 0.25) is 0 Å². The van der Waals surface area contributed by atoms with Crippen LogP contribution in [0.3, 0.4) is 0 Å². The summed E-state index contributed by atoms with van der Waals surface area (Å²) in [6, 6.07) is 5.59. The van der Waals surface area contributed by atoms with Gasteiger partial charge in [-0.1, -0.05) is 6.07 Å². The van der Waals surface area contributed by atoms with E-state index in [1.165, 1.54) is 0 Å². The zero-order valence-corrected chi connectivity index (χ0v) is 13.4. The smallest absolute Gasteiger partial charge is 0.219 e. The Kier molecular flexibility index (Phi) is 4.37. The molecule has 1 aromatic heterocycles. The number of carbonyl (C=O) groups excluding carboxylic acids is 1. The molecule has 1 aliphatic rings. The molecule has 1 aromatic carbocycles. The van der Waals surface area contributed by atoms with Gasteiger partial charge in [-0.25, -0.2) is 4.63 Å². The molecule has 3 N–H and O–H groups in total. The monoisotopic (exact) mass is 330 g/mol. The molecule has 0 bridgehead atoms. The van der Waals surface area contributed by atoms with Gasteiger partial charge in [0.15, 0.2) is 5.78 Å². The number of nitrogens with zero attached hydrogens (tertiary/aromatic N) is 2. The highest BCUT2D eigenvalue weighted by Gasteiger charge is 2.26. The van der Waals surface area contributed by atoms with Crippen molar-refractivity contribution in [2.75, 3.05) is 25.3 Å². The van der Waals surface area contributed by atoms with E-state index in [1.54, 1.807) is 20.3 Å². The number of carbonyl (C=O) groups is 1. The number of benzene rings is 1. The molecular weight excluding hydrogens is 312 g/mol. The molecule has 0 unspecified atom stereocenters. The fourth-order valence-corrected chi connectivity index (χ4v) is 2.79. The summed E-state index contributed by atoms with van der Waals surface area (Å²) < 4.78 is 15.2. The molecule has 8 heteroatoms. The summed E-state index contributed by atoms with van der Waals surface area (Å²) in [6.07, 6.45) is 2.57. The van der Waals surface area contributed by atoms with Crippen LogP contribution in [0.1, 0.15) is 24.3 Å². The number of methoxy groups -OCH3 is 2. The maximum absolute atomic E-state index is 12.1. The van der Waals surface area contributed by atoms with Crippen LogP contribution in [0.15, 0.2) is 34.6 Å². The van der Waals surface area contributed by atoms with Gasteiger partial charge in [0, 0.05) is 30.2 Å². The number of ketones is 1. The third-order valence-electron chi connectivity index (χ3n) is 3.92. The summed E-state index contributed by atoms with van der Waals surface area (Å²) in [5.41, 5.74) is 7.29. The van der Waals surface area contributed by atoms with Crippen LogP contribution in [0.4, 0.5) is 11.6 Å². The predicted molar refractivity (Wildman–Crippen MR) is 86.9 cm³/mol. The van der Waals surface area contributed by atoms with E-state index in [2.05, 4.69) is 20.3 Å². The molecule has 1 heterocycles. The van der Waals surface area contributed by atoms with Crippen LogP contribution in [0.25, 0.3) is 0 Å². The second kappa shape index (κ2) is 6.61. The maximum atomic E-state index is 12.1. The molecule has 24 heavy (non-hydrogen) atoms. The number of hydrogen-bond acceptors (Lipinski definition) is 8. The first-order chi connectivity index (χ1) is 11.6. The maximum Gasteiger partial charge on any atom is 0.219 e. The van der Waals surface area contributed by atoms with E-state index in [0.717, 1.165) is 5.56 Å². The molecule has 1 aliphatic carbocycles. The second-order valence-corrected chi connectivity index (χ2v) is 5.47. The number of aromatic nitrogens is 2. The first-order valence-electron chi connectivity index (χ1n) is 7.41. The highest BCUT2D eigenvalue weighted by Crippen LogP contribution is 2.38. The lowest BCUT2D eigenvalue weighted by atomic mass is 9.85. The molecule has 0 saturated carbocycles. The standard InChI is InChI=1S/C16H18N4O4/c1-22-12-3-4-13(14(8-12)23-2)9-5-10(7-11(21)6-9)18-16-15(17)19-24-20-16/h3-4,7-9H,5-6H2,1-2H3,(H2,17,19)(H,18,20)/t9-/m0/s1. The molecule has 0 amide bonds. The lowest BCUT2D eigenvalue weighted by molar-refractivity contribution is -0.115. The summed E-state index contributed by atoms with van der Waals surface area (Å²) in [4.78, 5) is 12.1. The largest absolute Gasteiger partial charge is 0.497 e. The number of nitrogens with one attached hydrogen (secondary N) is 1. The fraction of sp³-hybridized carbons (Fsp3) is 0.312. The summed E-state index contributed by atoms with van der Waals surface area (Å²) in [5, 5.41) is 10.2. The topological polar surface area (TPSA) is 112 Å². The summed E-state index contributed by atoms with van der Waals surface area (Å²) in [5.74, 6) is 1.83. The number of ether oxygens (including phenoxy) is 2. The van der Waals surface area contributed by atoms with Crippen LogP contribution < -0.4 is 20.5 Å². The first kappa shape index (κ1) is 15.9. The average Bonchev–Trinajstić information content (AvgIpc) is 2.98. The Hall–Kier alpha value is -3.03. The minimum atomic E-state index is -0.0214. The van der Waals surface area contributed by atoms with Gasteiger partial charge in [-0.15, -0.1) is 0 Å². The van der Waals surface area contributed by atoms with Crippen LogP contribution >= 0.6 is 0 Å². The van der Waals surface area contributed by atoms with Crippen molar-refractivity contribution in [3.8, 4) is 11.5 Å². The van der Waals surface area contributed by atoms with E-state index in [0.29, 0.717) is 35.9 Å². The van der Waals surface area contributed by atoms with Gasteiger partial charge in [0.25, 0.3) is 0 Å². The van der Waals surface area contributed by atoms with E-state index in [4.69, 9.17) is 15.2 Å². The molecule has 126 valence electrons. The highest BCUT2D eigenvalue weighted by molar-refractivity contribution is 5.92. The van der Waals surface area contributed by atoms with Crippen molar-refractivity contribution in [2.24, 2.45) is 0 Å². The SMILES string of the molecule is COc1ccc([C@@H]2CC(=O)C=C(Nc3nonc3N)C2)c(OC)c1. The van der Waals surface area contributed by atoms with E-state index in [9.17, 15) is 4.79 Å². The molecule has 1 atom stereocenters. The fourth-order valence-electron chi connectivity index (χ4n) is 2.79. The Morgan fingerprint density at radius 2 is 2.08 bits per heavy atom. The second-order valence-electron chi connectivity index (χ2n) is 5.47. The van der Waals surface area contributed by atoms with E-state index in [1.807, 2.05) is 18.2 Å². The normalized spacial score (nSPS) is 17.3. The Labute approximate surface area is 138 Å². The molecule has 2 aromatic rings. The molecular formula is C16H18N4O4. The molecule has 0 saturated heterocycles. The van der Waals surface area contributed by atoms with Crippen molar-refractivity contribution >= 4 is 17.4 Å². The van der Waals surface area contributed by atoms with Crippen molar-refractivity contribution < 1.29 is 18.9 Å². The number of nitrogens with two attached hydrogens (primary N) is 1. The van der Waals surface area contributed by atoms with Crippen LogP contribution in [0.5, 0.6) is 11.5 Å². The van der Waals surface area contributed by atoms with Gasteiger partial charge in [0.1, 0.15) is 11.5 Å². The molecule has 8 nitrogen and oxygen atoms in total. The first-order valence-corrected chi connectivity index (χ1v) is 7.41. The number of allylic oxidation sites excluding steroid dienone is 2. The predicted octanol–water partition coefficient (Wildman–Crippen LogP) is 2.11. The van der Waals surface area contributed by atoms with Crippen molar-refractivity contribution in [1.29, 1.82) is 0 Å². The Morgan fingerprint density at radius 3 is 2.75 bits per heavy atom. The minimum Gasteiger partial charge on any atom is -0.497 e. The number of rotatable bonds is 5. The highest BCUT2D eigenvalue weighted by atomic mass is 16.6. The summed E-state index contributed by atoms with van der Waals surface area (Å²) in [6.45, 7) is 0. The molecule has 0 radical (unpaired) electrons. The van der Waals surface area contributed by atoms with Crippen LogP contribution in [0, 0.1) is 0 Å². The van der Waals surface area contributed by atoms with E-state index < -0.39 is 0 Å². The minimum absolute atomic E-state index is 0.0154. The van der Waals surface area contributed by atoms with Crippen LogP contribution in [-0.4, -0.2) is 30.3 Å². The zero-order valence-electron chi connectivity index (χ0n) is 13.4. The van der Waals surface area contributed by atoms with Gasteiger partial charge in [-0.05, 0) is 28.4 Å². The van der Waals surface area contributed by atoms with E-state index >= 15 is 0 Å². The number of hydrogen-bond donors (Lipinski definition) is 2. The summed E-state index contributed by atoms with van der Waals surface area (Å²) in [7, 11) is 3.19. The third-order valence-corrected chi connectivity index (χ3v) is 3.92. The number of anilines is 2. The zero-order chi connectivity index (χ0) is 17.1. The lowest BCUT2D eigenvalue weighted by Crippen LogP contribution is -2.17. The van der Waals surface area contributed by atoms with Gasteiger partial charge < -0.3 is 20.5 Å². The van der Waals surface area contributed by atoms with Crippen LogP contribution in [-0.2, 0) is 4.79 Å². The van der Waals surface area contributed by atoms with Crippen molar-refractivity contribution in [3.05, 3.63) is 35.5 Å². The molecule has 0 fully saturated rings. The molecule has 3 rings (SSSR count). The molecule has 0 spiro atoms. The average molecular weight is 330 g/mol. The van der Waals surface area contributed by atoms with Gasteiger partial charge in [0.05, 0.1) is 14.2 Å². The van der Waals surface area contributed by atoms with Gasteiger partial charge >= 0.3 is 0 Å². The number of nitrogen functional groups attached to an aromatic ring is 1. The van der Waals surface area contributed by atoms with E-state index in [-0.39, 0.29) is 17.5 Å². The van der Waals surface area contributed by atoms with Gasteiger partial charge in [-0.2, -0.15) is 0 Å².